The maximum Gasteiger partial charge on any atom is 0.275 e. The van der Waals surface area contributed by atoms with Crippen molar-refractivity contribution >= 4 is 33.5 Å². The van der Waals surface area contributed by atoms with E-state index in [1.807, 2.05) is 24.3 Å². The molecule has 3 rings (SSSR count). The zero-order valence-electron chi connectivity index (χ0n) is 12.3. The number of hydrogen-bond donors (Lipinski definition) is 2. The molecular weight excluding hydrogens is 312 g/mol. The Bertz CT molecular complexity index is 886. The number of hydrazone groups is 1. The van der Waals surface area contributed by atoms with Crippen molar-refractivity contribution in [3.05, 3.63) is 59.0 Å². The predicted molar refractivity (Wildman–Crippen MR) is 91.5 cm³/mol. The first-order valence-corrected chi connectivity index (χ1v) is 7.69. The van der Waals surface area contributed by atoms with Gasteiger partial charge in [-0.1, -0.05) is 24.3 Å². The molecule has 0 unspecified atom stereocenters. The number of methoxy groups -OCH3 is 1. The van der Waals surface area contributed by atoms with E-state index in [0.29, 0.717) is 0 Å². The molecule has 0 fully saturated rings. The van der Waals surface area contributed by atoms with Crippen molar-refractivity contribution in [1.29, 1.82) is 0 Å². The molecule has 3 aromatic rings. The number of amides is 1. The average Bonchev–Trinajstić information content (AvgIpc) is 2.92. The summed E-state index contributed by atoms with van der Waals surface area (Å²) in [5.41, 5.74) is 2.58. The molecule has 2 aromatic carbocycles. The van der Waals surface area contributed by atoms with Crippen LogP contribution in [-0.2, 0) is 0 Å². The lowest BCUT2D eigenvalue weighted by atomic mass is 10.2. The van der Waals surface area contributed by atoms with Gasteiger partial charge in [-0.2, -0.15) is 5.10 Å². The van der Waals surface area contributed by atoms with Gasteiger partial charge in [0.05, 0.1) is 23.8 Å². The lowest BCUT2D eigenvalue weighted by Gasteiger charge is -2.02. The van der Waals surface area contributed by atoms with E-state index >= 15 is 0 Å². The van der Waals surface area contributed by atoms with Crippen molar-refractivity contribution in [2.24, 2.45) is 5.10 Å². The van der Waals surface area contributed by atoms with E-state index in [-0.39, 0.29) is 11.3 Å². The van der Waals surface area contributed by atoms with Crippen LogP contribution >= 0.6 is 11.3 Å². The van der Waals surface area contributed by atoms with Crippen molar-refractivity contribution in [3.63, 3.8) is 0 Å². The first kappa shape index (κ1) is 15.1. The Morgan fingerprint density at radius 3 is 2.74 bits per heavy atom. The Hall–Kier alpha value is -2.86. The highest BCUT2D eigenvalue weighted by molar-refractivity contribution is 7.21. The van der Waals surface area contributed by atoms with Gasteiger partial charge in [0.25, 0.3) is 5.91 Å². The largest absolute Gasteiger partial charge is 0.507 e. The number of rotatable bonds is 4. The number of hydrogen-bond acceptors (Lipinski definition) is 5. The zero-order valence-corrected chi connectivity index (χ0v) is 13.1. The number of benzene rings is 2. The second-order valence-corrected chi connectivity index (χ2v) is 5.80. The van der Waals surface area contributed by atoms with Gasteiger partial charge >= 0.3 is 0 Å². The van der Waals surface area contributed by atoms with E-state index in [2.05, 4.69) is 10.5 Å². The molecule has 0 aliphatic carbocycles. The fourth-order valence-electron chi connectivity index (χ4n) is 2.21. The fourth-order valence-corrected chi connectivity index (χ4v) is 3.26. The molecule has 23 heavy (non-hydrogen) atoms. The summed E-state index contributed by atoms with van der Waals surface area (Å²) in [4.78, 5) is 12.8. The summed E-state index contributed by atoms with van der Waals surface area (Å²) < 4.78 is 6.51. The quantitative estimate of drug-likeness (QED) is 0.570. The standard InChI is InChI=1S/C17H14N2O3S/c1-22-16-12-7-3-5-9-14(12)23-15(16)10-18-19-17(21)11-6-2-4-8-13(11)20/h2-10,20H,1H3,(H,19,21)/b18-10-. The number of para-hydroxylation sites is 1. The molecule has 5 nitrogen and oxygen atoms in total. The molecule has 0 spiro atoms. The Balaban J connectivity index is 1.81. The smallest absolute Gasteiger partial charge is 0.275 e. The van der Waals surface area contributed by atoms with Crippen molar-refractivity contribution < 1.29 is 14.6 Å². The summed E-state index contributed by atoms with van der Waals surface area (Å²) >= 11 is 1.52. The van der Waals surface area contributed by atoms with Gasteiger partial charge in [-0.15, -0.1) is 11.3 Å². The number of ether oxygens (including phenoxy) is 1. The lowest BCUT2D eigenvalue weighted by molar-refractivity contribution is 0.0952. The third-order valence-electron chi connectivity index (χ3n) is 3.28. The Morgan fingerprint density at radius 2 is 1.96 bits per heavy atom. The van der Waals surface area contributed by atoms with E-state index in [1.165, 1.54) is 23.5 Å². The number of fused-ring (bicyclic) bond motifs is 1. The molecule has 0 saturated heterocycles. The molecule has 0 bridgehead atoms. The van der Waals surface area contributed by atoms with Gasteiger partial charge in [0.2, 0.25) is 0 Å². The first-order chi connectivity index (χ1) is 11.2. The summed E-state index contributed by atoms with van der Waals surface area (Å²) in [6.45, 7) is 0. The van der Waals surface area contributed by atoms with Crippen molar-refractivity contribution in [1.82, 2.24) is 5.43 Å². The van der Waals surface area contributed by atoms with Crippen molar-refractivity contribution in [2.45, 2.75) is 0 Å². The number of aromatic hydroxyl groups is 1. The number of phenols is 1. The molecule has 1 amide bonds. The number of phenolic OH excluding ortho intramolecular Hbond substituents is 1. The van der Waals surface area contributed by atoms with E-state index in [4.69, 9.17) is 4.74 Å². The molecule has 116 valence electrons. The monoisotopic (exact) mass is 326 g/mol. The summed E-state index contributed by atoms with van der Waals surface area (Å²) in [6, 6.07) is 14.2. The molecule has 2 N–H and O–H groups in total. The molecule has 6 heteroatoms. The van der Waals surface area contributed by atoms with Crippen LogP contribution in [0.25, 0.3) is 10.1 Å². The van der Waals surface area contributed by atoms with E-state index < -0.39 is 5.91 Å². The normalized spacial score (nSPS) is 11.0. The van der Waals surface area contributed by atoms with Crippen molar-refractivity contribution in [3.8, 4) is 11.5 Å². The van der Waals surface area contributed by atoms with Gasteiger partial charge in [-0.25, -0.2) is 5.43 Å². The van der Waals surface area contributed by atoms with Crippen LogP contribution in [0.1, 0.15) is 15.2 Å². The van der Waals surface area contributed by atoms with Gasteiger partial charge in [0.1, 0.15) is 11.5 Å². The minimum atomic E-state index is -0.473. The number of thiophene rings is 1. The van der Waals surface area contributed by atoms with E-state index in [1.54, 1.807) is 25.5 Å². The number of carbonyl (C=O) groups excluding carboxylic acids is 1. The van der Waals surface area contributed by atoms with Crippen LogP contribution in [0.5, 0.6) is 11.5 Å². The minimum absolute atomic E-state index is 0.0837. The Morgan fingerprint density at radius 1 is 1.22 bits per heavy atom. The van der Waals surface area contributed by atoms with Crippen LogP contribution in [0.3, 0.4) is 0 Å². The third-order valence-corrected chi connectivity index (χ3v) is 4.36. The Labute approximate surface area is 136 Å². The van der Waals surface area contributed by atoms with Crippen LogP contribution in [0, 0.1) is 0 Å². The molecule has 1 heterocycles. The van der Waals surface area contributed by atoms with Crippen LogP contribution < -0.4 is 10.2 Å². The highest BCUT2D eigenvalue weighted by atomic mass is 32.1. The van der Waals surface area contributed by atoms with E-state index in [9.17, 15) is 9.90 Å². The Kier molecular flexibility index (Phi) is 4.25. The highest BCUT2D eigenvalue weighted by Crippen LogP contribution is 2.36. The van der Waals surface area contributed by atoms with Gasteiger partial charge in [0, 0.05) is 10.1 Å². The topological polar surface area (TPSA) is 70.9 Å². The van der Waals surface area contributed by atoms with Crippen LogP contribution in [0.15, 0.2) is 53.6 Å². The SMILES string of the molecule is COc1c(/C=N\NC(=O)c2ccccc2O)sc2ccccc12. The second kappa shape index (κ2) is 6.50. The maximum absolute atomic E-state index is 12.0. The summed E-state index contributed by atoms with van der Waals surface area (Å²) in [7, 11) is 1.60. The van der Waals surface area contributed by atoms with E-state index in [0.717, 1.165) is 20.7 Å². The van der Waals surface area contributed by atoms with Crippen LogP contribution in [0.2, 0.25) is 0 Å². The predicted octanol–water partition coefficient (Wildman–Crippen LogP) is 3.38. The molecular formula is C17H14N2O3S. The highest BCUT2D eigenvalue weighted by Gasteiger charge is 2.11. The molecule has 0 aliphatic rings. The van der Waals surface area contributed by atoms with Crippen LogP contribution in [0.4, 0.5) is 0 Å². The second-order valence-electron chi connectivity index (χ2n) is 4.71. The lowest BCUT2D eigenvalue weighted by Crippen LogP contribution is -2.17. The number of nitrogens with one attached hydrogen (secondary N) is 1. The van der Waals surface area contributed by atoms with Gasteiger partial charge < -0.3 is 9.84 Å². The summed E-state index contributed by atoms with van der Waals surface area (Å²) in [5, 5.41) is 14.6. The fraction of sp³-hybridized carbons (Fsp3) is 0.0588. The molecule has 0 aliphatic heterocycles. The number of nitrogens with zero attached hydrogens (tertiary/aromatic N) is 1. The van der Waals surface area contributed by atoms with Gasteiger partial charge in [-0.3, -0.25) is 4.79 Å². The third kappa shape index (κ3) is 3.02. The van der Waals surface area contributed by atoms with Gasteiger partial charge in [-0.05, 0) is 24.3 Å². The first-order valence-electron chi connectivity index (χ1n) is 6.87. The molecule has 0 radical (unpaired) electrons. The summed E-state index contributed by atoms with van der Waals surface area (Å²) in [5.74, 6) is 0.172. The summed E-state index contributed by atoms with van der Waals surface area (Å²) in [6.07, 6.45) is 1.54. The number of carbonyl (C=O) groups is 1. The average molecular weight is 326 g/mol. The minimum Gasteiger partial charge on any atom is -0.507 e. The van der Waals surface area contributed by atoms with Crippen molar-refractivity contribution in [2.75, 3.05) is 7.11 Å². The molecule has 0 atom stereocenters. The maximum atomic E-state index is 12.0. The zero-order chi connectivity index (χ0) is 16.2. The van der Waals surface area contributed by atoms with Crippen LogP contribution in [-0.4, -0.2) is 24.3 Å². The van der Waals surface area contributed by atoms with Gasteiger partial charge in [0.15, 0.2) is 0 Å². The molecule has 1 aromatic heterocycles. The molecule has 0 saturated carbocycles.